The van der Waals surface area contributed by atoms with Gasteiger partial charge in [0.25, 0.3) is 0 Å². The first kappa shape index (κ1) is 19.3. The lowest BCUT2D eigenvalue weighted by Crippen LogP contribution is -2.26. The largest absolute Gasteiger partial charge is 0.493 e. The van der Waals surface area contributed by atoms with Crippen molar-refractivity contribution in [1.82, 2.24) is 4.72 Å². The van der Waals surface area contributed by atoms with Gasteiger partial charge in [0.05, 0.1) is 19.2 Å². The predicted molar refractivity (Wildman–Crippen MR) is 80.7 cm³/mol. The van der Waals surface area contributed by atoms with Gasteiger partial charge >= 0.3 is 0 Å². The molecular formula is C11H18Cl2N2O4S. The summed E-state index contributed by atoms with van der Waals surface area (Å²) >= 11 is 5.96. The van der Waals surface area contributed by atoms with Gasteiger partial charge < -0.3 is 15.2 Å². The number of nitrogens with one attached hydrogen (secondary N) is 1. The van der Waals surface area contributed by atoms with Gasteiger partial charge in [-0.3, -0.25) is 0 Å². The Hall–Kier alpha value is -0.730. The minimum atomic E-state index is -3.69. The van der Waals surface area contributed by atoms with Crippen LogP contribution in [-0.4, -0.2) is 35.7 Å². The van der Waals surface area contributed by atoms with Crippen molar-refractivity contribution in [3.05, 3.63) is 17.2 Å². The van der Waals surface area contributed by atoms with Gasteiger partial charge in [0.1, 0.15) is 4.90 Å². The van der Waals surface area contributed by atoms with E-state index in [9.17, 15) is 8.42 Å². The summed E-state index contributed by atoms with van der Waals surface area (Å²) in [5, 5.41) is 0.0675. The van der Waals surface area contributed by atoms with E-state index >= 15 is 0 Å². The Bertz CT molecular complexity index is 537. The molecule has 1 aromatic carbocycles. The highest BCUT2D eigenvalue weighted by Gasteiger charge is 2.20. The van der Waals surface area contributed by atoms with E-state index in [1.54, 1.807) is 0 Å². The second kappa shape index (κ2) is 8.53. The molecule has 0 saturated carbocycles. The normalized spacial score (nSPS) is 10.8. The third-order valence-corrected chi connectivity index (χ3v) is 4.33. The van der Waals surface area contributed by atoms with Gasteiger partial charge in [0, 0.05) is 18.7 Å². The van der Waals surface area contributed by atoms with E-state index in [0.717, 1.165) is 0 Å². The zero-order chi connectivity index (χ0) is 14.5. The van der Waals surface area contributed by atoms with Crippen LogP contribution in [0.1, 0.15) is 6.42 Å². The van der Waals surface area contributed by atoms with Crippen LogP contribution < -0.4 is 19.9 Å². The number of rotatable bonds is 7. The molecule has 9 heteroatoms. The highest BCUT2D eigenvalue weighted by Crippen LogP contribution is 2.35. The SMILES string of the molecule is COc1cc(Cl)c(S(=O)(=O)NCCCN)cc1OC.Cl. The number of sulfonamides is 1. The fourth-order valence-corrected chi connectivity index (χ4v) is 3.03. The van der Waals surface area contributed by atoms with Gasteiger partial charge in [-0.1, -0.05) is 11.6 Å². The molecule has 0 saturated heterocycles. The topological polar surface area (TPSA) is 90.7 Å². The van der Waals surface area contributed by atoms with Crippen LogP contribution in [-0.2, 0) is 10.0 Å². The van der Waals surface area contributed by atoms with Gasteiger partial charge in [-0.25, -0.2) is 13.1 Å². The highest BCUT2D eigenvalue weighted by molar-refractivity contribution is 7.89. The molecule has 0 bridgehead atoms. The van der Waals surface area contributed by atoms with Crippen molar-refractivity contribution in [3.8, 4) is 11.5 Å². The Morgan fingerprint density at radius 3 is 2.30 bits per heavy atom. The molecule has 0 fully saturated rings. The average molecular weight is 345 g/mol. The van der Waals surface area contributed by atoms with Crippen LogP contribution in [0, 0.1) is 0 Å². The molecule has 0 aliphatic carbocycles. The third kappa shape index (κ3) is 4.68. The Morgan fingerprint density at radius 1 is 1.25 bits per heavy atom. The Labute approximate surface area is 130 Å². The minimum Gasteiger partial charge on any atom is -0.493 e. The second-order valence-electron chi connectivity index (χ2n) is 3.68. The van der Waals surface area contributed by atoms with Gasteiger partial charge in [-0.2, -0.15) is 0 Å². The van der Waals surface area contributed by atoms with Crippen molar-refractivity contribution in [2.24, 2.45) is 5.73 Å². The summed E-state index contributed by atoms with van der Waals surface area (Å²) in [5.74, 6) is 0.666. The van der Waals surface area contributed by atoms with Crippen LogP contribution in [0.25, 0.3) is 0 Å². The molecule has 0 unspecified atom stereocenters. The molecule has 0 amide bonds. The first-order valence-electron chi connectivity index (χ1n) is 5.57. The van der Waals surface area contributed by atoms with Crippen molar-refractivity contribution in [2.75, 3.05) is 27.3 Å². The minimum absolute atomic E-state index is 0. The van der Waals surface area contributed by atoms with Crippen molar-refractivity contribution in [2.45, 2.75) is 11.3 Å². The Balaban J connectivity index is 0.00000361. The van der Waals surface area contributed by atoms with Crippen LogP contribution in [0.3, 0.4) is 0 Å². The van der Waals surface area contributed by atoms with Crippen molar-refractivity contribution < 1.29 is 17.9 Å². The molecule has 0 radical (unpaired) electrons. The first-order valence-corrected chi connectivity index (χ1v) is 7.43. The number of hydrogen-bond acceptors (Lipinski definition) is 5. The first-order chi connectivity index (χ1) is 8.96. The zero-order valence-corrected chi connectivity index (χ0v) is 13.6. The standard InChI is InChI=1S/C11H17ClN2O4S.ClH/c1-17-9-6-8(12)11(7-10(9)18-2)19(15,16)14-5-3-4-13;/h6-7,14H,3-5,13H2,1-2H3;1H. The van der Waals surface area contributed by atoms with E-state index in [0.29, 0.717) is 24.5 Å². The summed E-state index contributed by atoms with van der Waals surface area (Å²) in [6, 6.07) is 2.73. The lowest BCUT2D eigenvalue weighted by molar-refractivity contribution is 0.354. The van der Waals surface area contributed by atoms with Crippen LogP contribution in [0.15, 0.2) is 17.0 Å². The van der Waals surface area contributed by atoms with Crippen LogP contribution in [0.5, 0.6) is 11.5 Å². The molecule has 20 heavy (non-hydrogen) atoms. The number of ether oxygens (including phenoxy) is 2. The average Bonchev–Trinajstić information content (AvgIpc) is 2.38. The molecule has 0 heterocycles. The van der Waals surface area contributed by atoms with Crippen molar-refractivity contribution >= 4 is 34.0 Å². The monoisotopic (exact) mass is 344 g/mol. The molecule has 1 rings (SSSR count). The molecule has 0 aliphatic heterocycles. The number of halogens is 2. The van der Waals surface area contributed by atoms with Crippen molar-refractivity contribution in [1.29, 1.82) is 0 Å². The quantitative estimate of drug-likeness (QED) is 0.729. The van der Waals surface area contributed by atoms with Crippen molar-refractivity contribution in [3.63, 3.8) is 0 Å². The van der Waals surface area contributed by atoms with E-state index in [1.165, 1.54) is 26.4 Å². The summed E-state index contributed by atoms with van der Waals surface area (Å²) in [6.07, 6.45) is 0.546. The van der Waals surface area contributed by atoms with E-state index in [-0.39, 0.29) is 28.9 Å². The molecule has 0 aromatic heterocycles. The van der Waals surface area contributed by atoms with E-state index in [1.807, 2.05) is 0 Å². The summed E-state index contributed by atoms with van der Waals surface area (Å²) in [4.78, 5) is -0.0520. The van der Waals surface area contributed by atoms with Gasteiger partial charge in [-0.15, -0.1) is 12.4 Å². The summed E-state index contributed by atoms with van der Waals surface area (Å²) in [5.41, 5.74) is 5.31. The maximum Gasteiger partial charge on any atom is 0.242 e. The van der Waals surface area contributed by atoms with Crippen LogP contribution in [0.2, 0.25) is 5.02 Å². The number of nitrogens with two attached hydrogens (primary N) is 1. The second-order valence-corrected chi connectivity index (χ2v) is 5.82. The third-order valence-electron chi connectivity index (χ3n) is 2.40. The smallest absolute Gasteiger partial charge is 0.242 e. The van der Waals surface area contributed by atoms with Crippen LogP contribution >= 0.6 is 24.0 Å². The Kier molecular flexibility index (Phi) is 8.22. The summed E-state index contributed by atoms with van der Waals surface area (Å²) < 4.78 is 36.6. The van der Waals surface area contributed by atoms with Gasteiger partial charge in [0.2, 0.25) is 10.0 Å². The number of benzene rings is 1. The summed E-state index contributed by atoms with van der Waals surface area (Å²) in [6.45, 7) is 0.658. The molecule has 6 nitrogen and oxygen atoms in total. The Morgan fingerprint density at radius 2 is 1.80 bits per heavy atom. The van der Waals surface area contributed by atoms with E-state index in [2.05, 4.69) is 4.72 Å². The number of hydrogen-bond donors (Lipinski definition) is 2. The fourth-order valence-electron chi connectivity index (χ4n) is 1.43. The lowest BCUT2D eigenvalue weighted by atomic mass is 10.3. The maximum atomic E-state index is 12.1. The molecular weight excluding hydrogens is 327 g/mol. The zero-order valence-electron chi connectivity index (χ0n) is 11.2. The fraction of sp³-hybridized carbons (Fsp3) is 0.455. The highest BCUT2D eigenvalue weighted by atomic mass is 35.5. The molecule has 1 aromatic rings. The lowest BCUT2D eigenvalue weighted by Gasteiger charge is -2.12. The van der Waals surface area contributed by atoms with E-state index in [4.69, 9.17) is 26.8 Å². The molecule has 116 valence electrons. The molecule has 0 spiro atoms. The van der Waals surface area contributed by atoms with Gasteiger partial charge in [0.15, 0.2) is 11.5 Å². The molecule has 3 N–H and O–H groups in total. The van der Waals surface area contributed by atoms with Crippen LogP contribution in [0.4, 0.5) is 0 Å². The van der Waals surface area contributed by atoms with Gasteiger partial charge in [-0.05, 0) is 13.0 Å². The maximum absolute atomic E-state index is 12.1. The predicted octanol–water partition coefficient (Wildman–Crippen LogP) is 1.41. The van der Waals surface area contributed by atoms with E-state index < -0.39 is 10.0 Å². The molecule has 0 aliphatic rings. The number of methoxy groups -OCH3 is 2. The molecule has 0 atom stereocenters. The summed E-state index contributed by atoms with van der Waals surface area (Å²) in [7, 11) is -0.827.